The largest absolute Gasteiger partial charge is 0.508 e. The maximum absolute atomic E-state index is 12.5. The lowest BCUT2D eigenvalue weighted by atomic mass is 9.96. The molecule has 0 saturated carbocycles. The summed E-state index contributed by atoms with van der Waals surface area (Å²) in [5.74, 6) is 0.129. The molecule has 2 aromatic carbocycles. The van der Waals surface area contributed by atoms with E-state index in [1.54, 1.807) is 24.1 Å². The van der Waals surface area contributed by atoms with Gasteiger partial charge in [0.1, 0.15) is 11.4 Å². The van der Waals surface area contributed by atoms with Gasteiger partial charge in [0.25, 0.3) is 5.91 Å². The zero-order valence-corrected chi connectivity index (χ0v) is 12.5. The van der Waals surface area contributed by atoms with Crippen molar-refractivity contribution in [2.75, 3.05) is 7.05 Å². The molecular weight excluding hydrogens is 290 g/mol. The summed E-state index contributed by atoms with van der Waals surface area (Å²) in [5, 5.41) is 16.8. The number of aromatic amines is 1. The van der Waals surface area contributed by atoms with Crippen molar-refractivity contribution in [2.24, 2.45) is 0 Å². The number of H-pyrrole nitrogens is 1. The van der Waals surface area contributed by atoms with Gasteiger partial charge in [0.15, 0.2) is 0 Å². The van der Waals surface area contributed by atoms with E-state index in [1.165, 1.54) is 0 Å². The smallest absolute Gasteiger partial charge is 0.272 e. The summed E-state index contributed by atoms with van der Waals surface area (Å²) < 4.78 is 0. The Balaban J connectivity index is 1.90. The molecular formula is C18H15N3O2. The number of aromatic nitrogens is 2. The van der Waals surface area contributed by atoms with Crippen LogP contribution in [0.2, 0.25) is 0 Å². The molecule has 1 aliphatic heterocycles. The lowest BCUT2D eigenvalue weighted by Gasteiger charge is -2.22. The van der Waals surface area contributed by atoms with Crippen LogP contribution in [0.1, 0.15) is 27.7 Å². The third kappa shape index (κ3) is 2.01. The van der Waals surface area contributed by atoms with Crippen molar-refractivity contribution >= 4 is 5.91 Å². The van der Waals surface area contributed by atoms with E-state index in [0.29, 0.717) is 5.69 Å². The third-order valence-electron chi connectivity index (χ3n) is 4.25. The maximum atomic E-state index is 12.5. The highest BCUT2D eigenvalue weighted by Crippen LogP contribution is 2.41. The third-order valence-corrected chi connectivity index (χ3v) is 4.25. The second kappa shape index (κ2) is 4.98. The van der Waals surface area contributed by atoms with Gasteiger partial charge in [-0.05, 0) is 17.7 Å². The summed E-state index contributed by atoms with van der Waals surface area (Å²) in [5.41, 5.74) is 4.11. The Morgan fingerprint density at radius 1 is 1.09 bits per heavy atom. The lowest BCUT2D eigenvalue weighted by Crippen LogP contribution is -2.24. The fourth-order valence-electron chi connectivity index (χ4n) is 3.13. The Kier molecular flexibility index (Phi) is 2.94. The van der Waals surface area contributed by atoms with Crippen molar-refractivity contribution in [2.45, 2.75) is 6.04 Å². The lowest BCUT2D eigenvalue weighted by molar-refractivity contribution is 0.0788. The molecule has 0 saturated heterocycles. The zero-order chi connectivity index (χ0) is 16.0. The number of phenols is 1. The van der Waals surface area contributed by atoms with E-state index in [9.17, 15) is 9.90 Å². The molecule has 1 aromatic heterocycles. The van der Waals surface area contributed by atoms with Crippen LogP contribution in [0, 0.1) is 0 Å². The molecule has 23 heavy (non-hydrogen) atoms. The second-order valence-electron chi connectivity index (χ2n) is 5.64. The first kappa shape index (κ1) is 13.6. The van der Waals surface area contributed by atoms with Gasteiger partial charge in [0.05, 0.1) is 11.7 Å². The molecule has 0 radical (unpaired) electrons. The number of nitrogens with zero attached hydrogens (tertiary/aromatic N) is 2. The van der Waals surface area contributed by atoms with Crippen LogP contribution in [-0.2, 0) is 0 Å². The molecule has 0 aliphatic carbocycles. The molecule has 0 spiro atoms. The van der Waals surface area contributed by atoms with Crippen LogP contribution in [0.5, 0.6) is 5.75 Å². The van der Waals surface area contributed by atoms with Crippen LogP contribution >= 0.6 is 0 Å². The molecule has 1 amide bonds. The number of hydrogen-bond donors (Lipinski definition) is 2. The highest BCUT2D eigenvalue weighted by atomic mass is 16.3. The van der Waals surface area contributed by atoms with Crippen molar-refractivity contribution in [1.82, 2.24) is 15.1 Å². The van der Waals surface area contributed by atoms with E-state index in [0.717, 1.165) is 22.4 Å². The molecule has 3 aromatic rings. The van der Waals surface area contributed by atoms with E-state index >= 15 is 0 Å². The summed E-state index contributed by atoms with van der Waals surface area (Å²) in [4.78, 5) is 14.2. The number of nitrogens with one attached hydrogen (secondary N) is 1. The molecule has 5 heteroatoms. The fraction of sp³-hybridized carbons (Fsp3) is 0.111. The molecule has 4 rings (SSSR count). The van der Waals surface area contributed by atoms with Gasteiger partial charge < -0.3 is 10.0 Å². The van der Waals surface area contributed by atoms with Crippen LogP contribution in [-0.4, -0.2) is 33.2 Å². The standard InChI is InChI=1S/C18H15N3O2/c1-21-17(12-7-9-13(22)10-8-12)14-15(11-5-3-2-4-6-11)19-20-16(14)18(21)23/h2-10,17,22H,1H3,(H,19,20)/t17-/m1/s1. The van der Waals surface area contributed by atoms with Gasteiger partial charge in [-0.15, -0.1) is 0 Å². The fourth-order valence-corrected chi connectivity index (χ4v) is 3.13. The summed E-state index contributed by atoms with van der Waals surface area (Å²) in [6.07, 6.45) is 0. The monoisotopic (exact) mass is 305 g/mol. The Morgan fingerprint density at radius 2 is 1.78 bits per heavy atom. The topological polar surface area (TPSA) is 69.2 Å². The van der Waals surface area contributed by atoms with Gasteiger partial charge in [0, 0.05) is 18.2 Å². The van der Waals surface area contributed by atoms with Gasteiger partial charge >= 0.3 is 0 Å². The molecule has 0 bridgehead atoms. The van der Waals surface area contributed by atoms with Crippen LogP contribution in [0.15, 0.2) is 54.6 Å². The number of carbonyl (C=O) groups excluding carboxylic acids is 1. The summed E-state index contributed by atoms with van der Waals surface area (Å²) in [7, 11) is 1.78. The molecule has 2 N–H and O–H groups in total. The molecule has 114 valence electrons. The predicted octanol–water partition coefficient (Wildman–Crippen LogP) is 2.96. The molecule has 0 fully saturated rings. The minimum absolute atomic E-state index is 0.0762. The molecule has 1 aliphatic rings. The van der Waals surface area contributed by atoms with Crippen molar-refractivity contribution < 1.29 is 9.90 Å². The number of fused-ring (bicyclic) bond motifs is 1. The maximum Gasteiger partial charge on any atom is 0.272 e. The van der Waals surface area contributed by atoms with Crippen molar-refractivity contribution in [3.8, 4) is 17.0 Å². The Labute approximate surface area is 133 Å². The number of benzene rings is 2. The SMILES string of the molecule is CN1C(=O)c2[nH]nc(-c3ccccc3)c2[C@H]1c1ccc(O)cc1. The van der Waals surface area contributed by atoms with E-state index in [-0.39, 0.29) is 17.7 Å². The van der Waals surface area contributed by atoms with E-state index in [4.69, 9.17) is 0 Å². The van der Waals surface area contributed by atoms with Gasteiger partial charge in [-0.1, -0.05) is 42.5 Å². The average Bonchev–Trinajstić information content (AvgIpc) is 3.10. The number of amides is 1. The van der Waals surface area contributed by atoms with Crippen LogP contribution in [0.4, 0.5) is 0 Å². The zero-order valence-electron chi connectivity index (χ0n) is 12.5. The van der Waals surface area contributed by atoms with Gasteiger partial charge in [-0.3, -0.25) is 9.89 Å². The molecule has 0 unspecified atom stereocenters. The number of carbonyl (C=O) groups is 1. The first-order valence-electron chi connectivity index (χ1n) is 7.36. The molecule has 2 heterocycles. The van der Waals surface area contributed by atoms with Gasteiger partial charge in [0.2, 0.25) is 0 Å². The van der Waals surface area contributed by atoms with E-state index < -0.39 is 0 Å². The molecule has 5 nitrogen and oxygen atoms in total. The summed E-state index contributed by atoms with van der Waals surface area (Å²) in [6.45, 7) is 0. The minimum atomic E-state index is -0.216. The summed E-state index contributed by atoms with van der Waals surface area (Å²) >= 11 is 0. The van der Waals surface area contributed by atoms with Crippen LogP contribution in [0.3, 0.4) is 0 Å². The predicted molar refractivity (Wildman–Crippen MR) is 86.1 cm³/mol. The summed E-state index contributed by atoms with van der Waals surface area (Å²) in [6, 6.07) is 16.5. The van der Waals surface area contributed by atoms with E-state index in [1.807, 2.05) is 42.5 Å². The van der Waals surface area contributed by atoms with Gasteiger partial charge in [-0.25, -0.2) is 0 Å². The van der Waals surface area contributed by atoms with Gasteiger partial charge in [-0.2, -0.15) is 5.10 Å². The highest BCUT2D eigenvalue weighted by molar-refractivity contribution is 5.99. The number of aromatic hydroxyl groups is 1. The average molecular weight is 305 g/mol. The number of rotatable bonds is 2. The normalized spacial score (nSPS) is 16.7. The first-order valence-corrected chi connectivity index (χ1v) is 7.36. The van der Waals surface area contributed by atoms with Crippen LogP contribution < -0.4 is 0 Å². The van der Waals surface area contributed by atoms with Crippen molar-refractivity contribution in [3.05, 3.63) is 71.4 Å². The number of hydrogen-bond acceptors (Lipinski definition) is 3. The highest BCUT2D eigenvalue weighted by Gasteiger charge is 2.39. The second-order valence-corrected chi connectivity index (χ2v) is 5.64. The Hall–Kier alpha value is -3.08. The van der Waals surface area contributed by atoms with E-state index in [2.05, 4.69) is 10.2 Å². The van der Waals surface area contributed by atoms with Crippen molar-refractivity contribution in [3.63, 3.8) is 0 Å². The Bertz CT molecular complexity index is 869. The quantitative estimate of drug-likeness (QED) is 0.765. The number of phenolic OH excluding ortho intramolecular Hbond substituents is 1. The Morgan fingerprint density at radius 3 is 2.48 bits per heavy atom. The first-order chi connectivity index (χ1) is 11.2. The minimum Gasteiger partial charge on any atom is -0.508 e. The molecule has 1 atom stereocenters. The van der Waals surface area contributed by atoms with Crippen LogP contribution in [0.25, 0.3) is 11.3 Å². The van der Waals surface area contributed by atoms with Crippen molar-refractivity contribution in [1.29, 1.82) is 0 Å².